The average molecular weight is 458 g/mol. The molecule has 0 heterocycles. The molecule has 0 aromatic heterocycles. The Balaban J connectivity index is 1.85. The second-order valence-electron chi connectivity index (χ2n) is 9.15. The Morgan fingerprint density at radius 1 is 0.906 bits per heavy atom. The standard InChI is InChI=1S/C26H34FN2O2P/c1-7-32(8-2,16-22(30)28-23-17(3)10-9-11-18(23)4)26(12-13-26)25(31)29-24-19(5)14-21(27)15-20(24)6/h9-11,14-15H,7-8,12-13,16H2,1-6H3,(H-,28,29,30,31)/p+1. The summed E-state index contributed by atoms with van der Waals surface area (Å²) < 4.78 is 13.7. The molecule has 1 aliphatic carbocycles. The highest BCUT2D eigenvalue weighted by atomic mass is 31.2. The van der Waals surface area contributed by atoms with Crippen molar-refractivity contribution in [1.29, 1.82) is 0 Å². The molecule has 1 saturated carbocycles. The summed E-state index contributed by atoms with van der Waals surface area (Å²) in [7, 11) is -1.90. The molecule has 0 saturated heterocycles. The summed E-state index contributed by atoms with van der Waals surface area (Å²) in [6.07, 6.45) is 3.72. The molecule has 1 fully saturated rings. The van der Waals surface area contributed by atoms with Crippen LogP contribution in [0.3, 0.4) is 0 Å². The zero-order valence-corrected chi connectivity index (χ0v) is 21.0. The number of nitrogens with one attached hydrogen (secondary N) is 2. The number of aryl methyl sites for hydroxylation is 4. The van der Waals surface area contributed by atoms with Crippen LogP contribution >= 0.6 is 7.26 Å². The Hall–Kier alpha value is -2.26. The lowest BCUT2D eigenvalue weighted by atomic mass is 10.1. The van der Waals surface area contributed by atoms with Crippen LogP contribution in [0, 0.1) is 33.5 Å². The number of hydrogen-bond donors (Lipinski definition) is 2. The van der Waals surface area contributed by atoms with Gasteiger partial charge in [-0.2, -0.15) is 0 Å². The molecule has 1 aliphatic rings. The number of halogens is 1. The Morgan fingerprint density at radius 2 is 1.41 bits per heavy atom. The predicted octanol–water partition coefficient (Wildman–Crippen LogP) is 6.23. The molecule has 3 rings (SSSR count). The van der Waals surface area contributed by atoms with Crippen LogP contribution in [-0.4, -0.2) is 35.5 Å². The van der Waals surface area contributed by atoms with E-state index in [1.54, 1.807) is 0 Å². The van der Waals surface area contributed by atoms with Gasteiger partial charge in [-0.1, -0.05) is 18.2 Å². The van der Waals surface area contributed by atoms with Crippen molar-refractivity contribution in [2.75, 3.05) is 29.1 Å². The van der Waals surface area contributed by atoms with Gasteiger partial charge in [-0.05, 0) is 75.9 Å². The van der Waals surface area contributed by atoms with Crippen LogP contribution in [0.1, 0.15) is 48.9 Å². The van der Waals surface area contributed by atoms with Crippen LogP contribution in [0.4, 0.5) is 15.8 Å². The van der Waals surface area contributed by atoms with Gasteiger partial charge in [-0.15, -0.1) is 0 Å². The fourth-order valence-corrected chi connectivity index (χ4v) is 9.63. The SMILES string of the molecule is CC[P+](CC)(CC(=O)Nc1c(C)cccc1C)C1(C(=O)Nc2c(C)cc(F)cc2C)CC1. The second-order valence-corrected chi connectivity index (χ2v) is 13.9. The van der Waals surface area contributed by atoms with E-state index in [0.29, 0.717) is 11.8 Å². The van der Waals surface area contributed by atoms with E-state index in [0.717, 1.165) is 53.1 Å². The van der Waals surface area contributed by atoms with Gasteiger partial charge in [0.25, 0.3) is 11.8 Å². The summed E-state index contributed by atoms with van der Waals surface area (Å²) in [5.74, 6) is -0.314. The van der Waals surface area contributed by atoms with E-state index in [2.05, 4.69) is 24.5 Å². The van der Waals surface area contributed by atoms with E-state index in [9.17, 15) is 14.0 Å². The lowest BCUT2D eigenvalue weighted by Gasteiger charge is -2.33. The first-order chi connectivity index (χ1) is 15.1. The third kappa shape index (κ3) is 4.45. The minimum absolute atomic E-state index is 0.00680. The summed E-state index contributed by atoms with van der Waals surface area (Å²) >= 11 is 0. The van der Waals surface area contributed by atoms with E-state index < -0.39 is 12.4 Å². The highest BCUT2D eigenvalue weighted by Gasteiger charge is 2.69. The van der Waals surface area contributed by atoms with Crippen LogP contribution in [0.15, 0.2) is 30.3 Å². The van der Waals surface area contributed by atoms with Crippen molar-refractivity contribution in [1.82, 2.24) is 0 Å². The molecule has 0 bridgehead atoms. The highest BCUT2D eigenvalue weighted by Crippen LogP contribution is 2.77. The van der Waals surface area contributed by atoms with Crippen molar-refractivity contribution in [2.24, 2.45) is 0 Å². The molecule has 2 aromatic rings. The molecule has 0 radical (unpaired) electrons. The molecule has 4 nitrogen and oxygen atoms in total. The van der Waals surface area contributed by atoms with Crippen LogP contribution in [0.25, 0.3) is 0 Å². The number of para-hydroxylation sites is 1. The normalized spacial score (nSPS) is 14.7. The Kier molecular flexibility index (Phi) is 7.09. The zero-order valence-electron chi connectivity index (χ0n) is 20.1. The maximum absolute atomic E-state index is 13.7. The van der Waals surface area contributed by atoms with E-state index in [-0.39, 0.29) is 17.6 Å². The lowest BCUT2D eigenvalue weighted by Crippen LogP contribution is -2.38. The molecule has 0 unspecified atom stereocenters. The molecule has 2 N–H and O–H groups in total. The summed E-state index contributed by atoms with van der Waals surface area (Å²) in [4.78, 5) is 26.8. The van der Waals surface area contributed by atoms with E-state index in [1.165, 1.54) is 12.1 Å². The minimum atomic E-state index is -1.90. The number of rotatable bonds is 8. The average Bonchev–Trinajstić information content (AvgIpc) is 3.54. The molecule has 32 heavy (non-hydrogen) atoms. The fourth-order valence-electron chi connectivity index (χ4n) is 5.04. The van der Waals surface area contributed by atoms with Crippen molar-refractivity contribution in [3.63, 3.8) is 0 Å². The van der Waals surface area contributed by atoms with Gasteiger partial charge in [0.2, 0.25) is 0 Å². The maximum Gasteiger partial charge on any atom is 0.268 e. The molecule has 172 valence electrons. The lowest BCUT2D eigenvalue weighted by molar-refractivity contribution is -0.116. The second kappa shape index (κ2) is 9.31. The van der Waals surface area contributed by atoms with Gasteiger partial charge < -0.3 is 10.6 Å². The molecular weight excluding hydrogens is 422 g/mol. The Bertz CT molecular complexity index is 999. The fraction of sp³-hybridized carbons (Fsp3) is 0.462. The van der Waals surface area contributed by atoms with Crippen molar-refractivity contribution < 1.29 is 14.0 Å². The molecule has 2 aromatic carbocycles. The van der Waals surface area contributed by atoms with Crippen LogP contribution in [-0.2, 0) is 9.59 Å². The van der Waals surface area contributed by atoms with Crippen LogP contribution in [0.2, 0.25) is 0 Å². The zero-order chi connectivity index (χ0) is 23.7. The molecule has 6 heteroatoms. The van der Waals surface area contributed by atoms with Gasteiger partial charge in [0, 0.05) is 31.5 Å². The van der Waals surface area contributed by atoms with Crippen molar-refractivity contribution in [3.05, 3.63) is 58.4 Å². The monoisotopic (exact) mass is 457 g/mol. The maximum atomic E-state index is 13.7. The van der Waals surface area contributed by atoms with Crippen LogP contribution < -0.4 is 10.6 Å². The third-order valence-corrected chi connectivity index (χ3v) is 13.0. The predicted molar refractivity (Wildman–Crippen MR) is 134 cm³/mol. The molecular formula is C26H35FN2O2P+. The first-order valence-electron chi connectivity index (χ1n) is 11.4. The molecule has 2 amide bonds. The van der Waals surface area contributed by atoms with Gasteiger partial charge in [-0.3, -0.25) is 9.59 Å². The molecule has 0 atom stereocenters. The highest BCUT2D eigenvalue weighted by molar-refractivity contribution is 7.79. The number of carbonyl (C=O) groups excluding carboxylic acids is 2. The van der Waals surface area contributed by atoms with Gasteiger partial charge >= 0.3 is 0 Å². The van der Waals surface area contributed by atoms with Crippen molar-refractivity contribution in [3.8, 4) is 0 Å². The summed E-state index contributed by atoms with van der Waals surface area (Å²) in [6.45, 7) is 11.8. The smallest absolute Gasteiger partial charge is 0.268 e. The van der Waals surface area contributed by atoms with E-state index in [1.807, 2.05) is 45.9 Å². The number of carbonyl (C=O) groups is 2. The Labute approximate surface area is 191 Å². The van der Waals surface area contributed by atoms with Crippen LogP contribution in [0.5, 0.6) is 0 Å². The van der Waals surface area contributed by atoms with Crippen molar-refractivity contribution >= 4 is 30.5 Å². The number of hydrogen-bond acceptors (Lipinski definition) is 2. The topological polar surface area (TPSA) is 58.2 Å². The van der Waals surface area contributed by atoms with Gasteiger partial charge in [-0.25, -0.2) is 4.39 Å². The Morgan fingerprint density at radius 3 is 1.88 bits per heavy atom. The molecule has 0 aliphatic heterocycles. The third-order valence-electron chi connectivity index (χ3n) is 7.19. The van der Waals surface area contributed by atoms with E-state index >= 15 is 0 Å². The quantitative estimate of drug-likeness (QED) is 0.462. The summed E-state index contributed by atoms with van der Waals surface area (Å²) in [6, 6.07) is 8.87. The largest absolute Gasteiger partial charge is 0.322 e. The number of benzene rings is 2. The van der Waals surface area contributed by atoms with Gasteiger partial charge in [0.05, 0.1) is 12.3 Å². The minimum Gasteiger partial charge on any atom is -0.322 e. The summed E-state index contributed by atoms with van der Waals surface area (Å²) in [5, 5.41) is 5.77. The first-order valence-corrected chi connectivity index (χ1v) is 13.7. The summed E-state index contributed by atoms with van der Waals surface area (Å²) in [5.41, 5.74) is 5.07. The van der Waals surface area contributed by atoms with E-state index in [4.69, 9.17) is 0 Å². The van der Waals surface area contributed by atoms with Gasteiger partial charge in [0.1, 0.15) is 12.0 Å². The van der Waals surface area contributed by atoms with Gasteiger partial charge in [0.15, 0.2) is 5.16 Å². The molecule has 0 spiro atoms. The first kappa shape index (κ1) is 24.4. The number of anilines is 2. The van der Waals surface area contributed by atoms with Crippen molar-refractivity contribution in [2.45, 2.75) is 59.5 Å². The number of amides is 2.